The fraction of sp³-hybridized carbons (Fsp3) is 1.00. The zero-order valence-electron chi connectivity index (χ0n) is 10.7. The van der Waals surface area contributed by atoms with Gasteiger partial charge in [-0.15, -0.1) is 0 Å². The van der Waals surface area contributed by atoms with Gasteiger partial charge in [-0.05, 0) is 52.1 Å². The lowest BCUT2D eigenvalue weighted by atomic mass is 9.98. The van der Waals surface area contributed by atoms with Gasteiger partial charge in [0.25, 0.3) is 0 Å². The maximum atomic E-state index is 9.50. The summed E-state index contributed by atoms with van der Waals surface area (Å²) in [5.74, 6) is 0. The van der Waals surface area contributed by atoms with Crippen LogP contribution >= 0.6 is 0 Å². The quantitative estimate of drug-likeness (QED) is 0.743. The lowest BCUT2D eigenvalue weighted by molar-refractivity contribution is 0.136. The highest BCUT2D eigenvalue weighted by Crippen LogP contribution is 2.34. The van der Waals surface area contributed by atoms with E-state index in [0.717, 1.165) is 31.5 Å². The van der Waals surface area contributed by atoms with Gasteiger partial charge in [-0.3, -0.25) is 0 Å². The predicted octanol–water partition coefficient (Wildman–Crippen LogP) is 1.36. The van der Waals surface area contributed by atoms with Crippen LogP contribution in [0.25, 0.3) is 0 Å². The molecule has 2 saturated heterocycles. The van der Waals surface area contributed by atoms with Crippen LogP contribution in [-0.4, -0.2) is 47.8 Å². The molecule has 2 rings (SSSR count). The number of aliphatic hydroxyl groups excluding tert-OH is 1. The van der Waals surface area contributed by atoms with Crippen LogP contribution in [0.4, 0.5) is 0 Å². The second-order valence-corrected chi connectivity index (χ2v) is 5.52. The molecule has 3 unspecified atom stereocenters. The summed E-state index contributed by atoms with van der Waals surface area (Å²) in [4.78, 5) is 2.57. The van der Waals surface area contributed by atoms with E-state index in [0.29, 0.717) is 6.04 Å². The summed E-state index contributed by atoms with van der Waals surface area (Å²) in [6.45, 7) is 3.02. The molecule has 16 heavy (non-hydrogen) atoms. The minimum Gasteiger partial charge on any atom is -0.393 e. The van der Waals surface area contributed by atoms with Gasteiger partial charge in [-0.2, -0.15) is 0 Å². The van der Waals surface area contributed by atoms with E-state index in [1.165, 1.54) is 25.7 Å². The predicted molar refractivity (Wildman–Crippen MR) is 66.5 cm³/mol. The summed E-state index contributed by atoms with van der Waals surface area (Å²) in [6, 6.07) is 2.32. The number of fused-ring (bicyclic) bond motifs is 2. The number of hydrogen-bond donors (Lipinski definition) is 2. The number of nitrogens with one attached hydrogen (secondary N) is 1. The fourth-order valence-electron chi connectivity index (χ4n) is 3.24. The molecule has 3 nitrogen and oxygen atoms in total. The molecule has 0 spiro atoms. The number of rotatable bonds is 5. The second kappa shape index (κ2) is 5.48. The average molecular weight is 226 g/mol. The molecule has 0 aromatic carbocycles. The molecular weight excluding hydrogens is 200 g/mol. The molecule has 3 heteroatoms. The van der Waals surface area contributed by atoms with E-state index in [1.54, 1.807) is 0 Å². The van der Waals surface area contributed by atoms with Gasteiger partial charge in [0.15, 0.2) is 0 Å². The van der Waals surface area contributed by atoms with E-state index in [1.807, 2.05) is 6.92 Å². The Morgan fingerprint density at radius 2 is 1.94 bits per heavy atom. The molecular formula is C13H26N2O. The molecule has 2 aliphatic heterocycles. The highest BCUT2D eigenvalue weighted by Gasteiger charge is 2.37. The van der Waals surface area contributed by atoms with E-state index in [-0.39, 0.29) is 6.10 Å². The average Bonchev–Trinajstić information content (AvgIpc) is 2.53. The Balaban J connectivity index is 1.68. The first kappa shape index (κ1) is 12.3. The zero-order valence-corrected chi connectivity index (χ0v) is 10.7. The van der Waals surface area contributed by atoms with E-state index in [4.69, 9.17) is 0 Å². The summed E-state index contributed by atoms with van der Waals surface area (Å²) >= 11 is 0. The molecule has 0 aliphatic carbocycles. The number of nitrogens with zero attached hydrogens (tertiary/aromatic N) is 1. The molecule has 0 aromatic rings. The van der Waals surface area contributed by atoms with Crippen molar-refractivity contribution in [2.45, 2.75) is 69.7 Å². The van der Waals surface area contributed by atoms with Gasteiger partial charge in [0, 0.05) is 18.1 Å². The molecule has 0 saturated carbocycles. The van der Waals surface area contributed by atoms with Crippen molar-refractivity contribution >= 4 is 0 Å². The second-order valence-electron chi connectivity index (χ2n) is 5.52. The molecule has 0 radical (unpaired) electrons. The normalized spacial score (nSPS) is 36.6. The van der Waals surface area contributed by atoms with Crippen molar-refractivity contribution in [1.29, 1.82) is 0 Å². The van der Waals surface area contributed by atoms with Crippen molar-refractivity contribution in [2.75, 3.05) is 13.6 Å². The third kappa shape index (κ3) is 2.76. The Hall–Kier alpha value is -0.120. The first-order valence-electron chi connectivity index (χ1n) is 6.84. The first-order valence-corrected chi connectivity index (χ1v) is 6.84. The van der Waals surface area contributed by atoms with Crippen molar-refractivity contribution < 1.29 is 5.11 Å². The molecule has 2 bridgehead atoms. The van der Waals surface area contributed by atoms with Crippen LogP contribution in [0.15, 0.2) is 0 Å². The zero-order chi connectivity index (χ0) is 11.5. The number of aliphatic hydroxyl groups is 1. The number of piperidine rings is 1. The van der Waals surface area contributed by atoms with E-state index in [2.05, 4.69) is 17.3 Å². The van der Waals surface area contributed by atoms with Crippen LogP contribution in [0.3, 0.4) is 0 Å². The molecule has 2 N–H and O–H groups in total. The van der Waals surface area contributed by atoms with Crippen LogP contribution in [0.5, 0.6) is 0 Å². The molecule has 0 amide bonds. The first-order chi connectivity index (χ1) is 7.70. The van der Waals surface area contributed by atoms with E-state index in [9.17, 15) is 5.11 Å². The van der Waals surface area contributed by atoms with Crippen molar-refractivity contribution in [1.82, 2.24) is 10.2 Å². The highest BCUT2D eigenvalue weighted by atomic mass is 16.3. The number of hydrogen-bond acceptors (Lipinski definition) is 3. The van der Waals surface area contributed by atoms with Crippen molar-refractivity contribution in [3.8, 4) is 0 Å². The third-order valence-electron chi connectivity index (χ3n) is 4.48. The Morgan fingerprint density at radius 3 is 2.50 bits per heavy atom. The lowest BCUT2D eigenvalue weighted by Crippen LogP contribution is -2.47. The van der Waals surface area contributed by atoms with Gasteiger partial charge < -0.3 is 15.3 Å². The van der Waals surface area contributed by atoms with Crippen LogP contribution in [0.2, 0.25) is 0 Å². The Kier molecular flexibility index (Phi) is 4.22. The van der Waals surface area contributed by atoms with Gasteiger partial charge in [-0.25, -0.2) is 0 Å². The summed E-state index contributed by atoms with van der Waals surface area (Å²) in [5, 5.41) is 13.1. The Morgan fingerprint density at radius 1 is 1.31 bits per heavy atom. The monoisotopic (exact) mass is 226 g/mol. The van der Waals surface area contributed by atoms with Gasteiger partial charge in [-0.1, -0.05) is 6.92 Å². The lowest BCUT2D eigenvalue weighted by Gasteiger charge is -2.36. The van der Waals surface area contributed by atoms with Gasteiger partial charge in [0.2, 0.25) is 0 Å². The minimum absolute atomic E-state index is 0.115. The molecule has 2 fully saturated rings. The minimum atomic E-state index is -0.115. The van der Waals surface area contributed by atoms with Crippen LogP contribution in [-0.2, 0) is 0 Å². The summed E-state index contributed by atoms with van der Waals surface area (Å²) < 4.78 is 0. The van der Waals surface area contributed by atoms with Crippen molar-refractivity contribution in [2.24, 2.45) is 0 Å². The fourth-order valence-corrected chi connectivity index (χ4v) is 3.24. The Bertz CT molecular complexity index is 208. The molecule has 2 heterocycles. The van der Waals surface area contributed by atoms with E-state index < -0.39 is 0 Å². The van der Waals surface area contributed by atoms with E-state index >= 15 is 0 Å². The van der Waals surface area contributed by atoms with Gasteiger partial charge >= 0.3 is 0 Å². The summed E-state index contributed by atoms with van der Waals surface area (Å²) in [7, 11) is 2.28. The topological polar surface area (TPSA) is 35.5 Å². The highest BCUT2D eigenvalue weighted by molar-refractivity contribution is 4.95. The van der Waals surface area contributed by atoms with Crippen LogP contribution in [0.1, 0.15) is 45.4 Å². The summed E-state index contributed by atoms with van der Waals surface area (Å²) in [6.07, 6.45) is 7.03. The maximum absolute atomic E-state index is 9.50. The molecule has 0 aromatic heterocycles. The summed E-state index contributed by atoms with van der Waals surface area (Å²) in [5.41, 5.74) is 0. The van der Waals surface area contributed by atoms with Gasteiger partial charge in [0.1, 0.15) is 0 Å². The van der Waals surface area contributed by atoms with Crippen LogP contribution in [0, 0.1) is 0 Å². The largest absolute Gasteiger partial charge is 0.393 e. The molecule has 2 aliphatic rings. The Labute approximate surface area is 99.2 Å². The molecule has 94 valence electrons. The maximum Gasteiger partial charge on any atom is 0.0549 e. The third-order valence-corrected chi connectivity index (χ3v) is 4.48. The standard InChI is InChI=1S/C13H26N2O/c1-3-13(16)6-7-14-10-8-11-4-5-12(9-10)15(11)2/h10-14,16H,3-9H2,1-2H3. The van der Waals surface area contributed by atoms with Crippen LogP contribution < -0.4 is 5.32 Å². The van der Waals surface area contributed by atoms with Crippen molar-refractivity contribution in [3.05, 3.63) is 0 Å². The van der Waals surface area contributed by atoms with Crippen molar-refractivity contribution in [3.63, 3.8) is 0 Å². The smallest absolute Gasteiger partial charge is 0.0549 e. The SMILES string of the molecule is CCC(O)CCNC1CC2CCC(C1)N2C. The molecule has 3 atom stereocenters. The van der Waals surface area contributed by atoms with Gasteiger partial charge in [0.05, 0.1) is 6.10 Å².